The van der Waals surface area contributed by atoms with Crippen molar-refractivity contribution in [3.8, 4) is 0 Å². The number of carbonyl (C=O) groups is 1. The van der Waals surface area contributed by atoms with E-state index < -0.39 is 35.5 Å². The van der Waals surface area contributed by atoms with E-state index in [9.17, 15) is 15.0 Å². The number of hydrogen-bond acceptors (Lipinski definition) is 7. The molecule has 0 bridgehead atoms. The minimum absolute atomic E-state index is 0.144. The highest BCUT2D eigenvalue weighted by atomic mass is 35.5. The van der Waals surface area contributed by atoms with Crippen molar-refractivity contribution in [2.24, 2.45) is 5.92 Å². The molecular formula is C20H37ClN2O5S. The van der Waals surface area contributed by atoms with Crippen molar-refractivity contribution in [1.82, 2.24) is 10.6 Å². The highest BCUT2D eigenvalue weighted by Crippen LogP contribution is 2.28. The van der Waals surface area contributed by atoms with Gasteiger partial charge in [-0.1, -0.05) is 32.6 Å². The summed E-state index contributed by atoms with van der Waals surface area (Å²) in [6.45, 7) is 4.77. The third kappa shape index (κ3) is 7.52. The van der Waals surface area contributed by atoms with Gasteiger partial charge in [0.25, 0.3) is 0 Å². The van der Waals surface area contributed by atoms with Crippen LogP contribution in [0.5, 0.6) is 0 Å². The molecule has 1 amide bonds. The molecule has 7 unspecified atom stereocenters. The summed E-state index contributed by atoms with van der Waals surface area (Å²) in [5.74, 6) is 0.516. The second-order valence-electron chi connectivity index (χ2n) is 8.09. The molecule has 9 heteroatoms. The van der Waals surface area contributed by atoms with Crippen LogP contribution in [0.1, 0.15) is 58.8 Å². The van der Waals surface area contributed by atoms with Gasteiger partial charge in [-0.15, -0.1) is 23.4 Å². The molecule has 2 aliphatic heterocycles. The first-order valence-corrected chi connectivity index (χ1v) is 12.5. The fraction of sp³-hybridized carbons (Fsp3) is 0.950. The predicted octanol–water partition coefficient (Wildman–Crippen LogP) is 2.18. The Kier molecular flexibility index (Phi) is 11.0. The summed E-state index contributed by atoms with van der Waals surface area (Å²) < 4.78 is 10.9. The standard InChI is InChI=1S/C20H37ClN2O5S/c1-4-5-6-7-13-8-9-14(22-11-10-13)18(25)23-15(12(2)21)17-16(24)19(26)28-20(27-17)29-3/h12-17,19-20,22,24,26H,4-11H2,1-3H3,(H,23,25)/t12?,13?,14?,15?,16?,17?,19-,20?/m1/s1. The van der Waals surface area contributed by atoms with E-state index in [1.54, 1.807) is 13.2 Å². The molecular weight excluding hydrogens is 416 g/mol. The van der Waals surface area contributed by atoms with Crippen LogP contribution >= 0.6 is 23.4 Å². The van der Waals surface area contributed by atoms with Crippen molar-refractivity contribution in [2.45, 2.75) is 100 Å². The SMILES string of the molecule is CCCCCC1CCNC(C(=O)NC(C(C)Cl)C2OC(SC)O[C@@H](O)C2O)CC1. The predicted molar refractivity (Wildman–Crippen MR) is 116 cm³/mol. The fourth-order valence-electron chi connectivity index (χ4n) is 4.03. The number of aliphatic hydroxyl groups excluding tert-OH is 2. The summed E-state index contributed by atoms with van der Waals surface area (Å²) in [5.41, 5.74) is -0.729. The van der Waals surface area contributed by atoms with Gasteiger partial charge >= 0.3 is 0 Å². The van der Waals surface area contributed by atoms with Crippen molar-refractivity contribution < 1.29 is 24.5 Å². The number of hydrogen-bond donors (Lipinski definition) is 4. The summed E-state index contributed by atoms with van der Waals surface area (Å²) >= 11 is 7.59. The minimum atomic E-state index is -1.39. The Labute approximate surface area is 183 Å². The molecule has 0 aromatic carbocycles. The maximum absolute atomic E-state index is 12.9. The van der Waals surface area contributed by atoms with E-state index in [2.05, 4.69) is 17.6 Å². The highest BCUT2D eigenvalue weighted by Gasteiger charge is 2.44. The van der Waals surface area contributed by atoms with Crippen LogP contribution in [0, 0.1) is 5.92 Å². The number of halogens is 1. The van der Waals surface area contributed by atoms with Gasteiger partial charge in [0.15, 0.2) is 6.29 Å². The van der Waals surface area contributed by atoms with E-state index >= 15 is 0 Å². The van der Waals surface area contributed by atoms with Gasteiger partial charge in [-0.3, -0.25) is 4.79 Å². The molecule has 0 aliphatic carbocycles. The normalized spacial score (nSPS) is 35.5. The zero-order valence-electron chi connectivity index (χ0n) is 17.7. The van der Waals surface area contributed by atoms with Gasteiger partial charge in [-0.25, -0.2) is 0 Å². The first kappa shape index (κ1) is 25.2. The van der Waals surface area contributed by atoms with E-state index in [-0.39, 0.29) is 11.9 Å². The number of alkyl halides is 1. The molecule has 0 radical (unpaired) electrons. The van der Waals surface area contributed by atoms with E-state index in [1.807, 2.05) is 0 Å². The molecule has 2 fully saturated rings. The first-order valence-electron chi connectivity index (χ1n) is 10.7. The minimum Gasteiger partial charge on any atom is -0.385 e. The Hall–Kier alpha value is -0.0900. The Morgan fingerprint density at radius 1 is 1.28 bits per heavy atom. The van der Waals surface area contributed by atoms with Gasteiger partial charge in [-0.2, -0.15) is 0 Å². The molecule has 2 saturated heterocycles. The number of thioether (sulfide) groups is 1. The zero-order valence-corrected chi connectivity index (χ0v) is 19.3. The van der Waals surface area contributed by atoms with Gasteiger partial charge in [0.1, 0.15) is 12.2 Å². The molecule has 2 rings (SSSR count). The Balaban J connectivity index is 1.95. The lowest BCUT2D eigenvalue weighted by Crippen LogP contribution is -2.62. The van der Waals surface area contributed by atoms with Gasteiger partial charge in [0.2, 0.25) is 11.5 Å². The third-order valence-electron chi connectivity index (χ3n) is 5.84. The van der Waals surface area contributed by atoms with Crippen LogP contribution in [-0.4, -0.2) is 70.5 Å². The summed E-state index contributed by atoms with van der Waals surface area (Å²) in [5, 5.41) is 26.1. The highest BCUT2D eigenvalue weighted by molar-refractivity contribution is 7.98. The lowest BCUT2D eigenvalue weighted by molar-refractivity contribution is -0.308. The van der Waals surface area contributed by atoms with Crippen LogP contribution in [-0.2, 0) is 14.3 Å². The average molecular weight is 453 g/mol. The van der Waals surface area contributed by atoms with Crippen LogP contribution in [0.15, 0.2) is 0 Å². The average Bonchev–Trinajstić information content (AvgIpc) is 2.94. The molecule has 2 heterocycles. The molecule has 0 saturated carbocycles. The van der Waals surface area contributed by atoms with Crippen molar-refractivity contribution in [3.05, 3.63) is 0 Å². The lowest BCUT2D eigenvalue weighted by Gasteiger charge is -2.41. The molecule has 0 aromatic heterocycles. The molecule has 8 atom stereocenters. The van der Waals surface area contributed by atoms with Crippen LogP contribution < -0.4 is 10.6 Å². The molecule has 170 valence electrons. The number of nitrogens with one attached hydrogen (secondary N) is 2. The van der Waals surface area contributed by atoms with Gasteiger partial charge in [0, 0.05) is 0 Å². The Bertz CT molecular complexity index is 501. The van der Waals surface area contributed by atoms with E-state index in [1.165, 1.54) is 37.4 Å². The third-order valence-corrected chi connectivity index (χ3v) is 6.72. The summed E-state index contributed by atoms with van der Waals surface area (Å²) in [7, 11) is 0. The van der Waals surface area contributed by atoms with Crippen LogP contribution in [0.3, 0.4) is 0 Å². The quantitative estimate of drug-likeness (QED) is 0.314. The number of rotatable bonds is 9. The molecule has 4 N–H and O–H groups in total. The largest absolute Gasteiger partial charge is 0.385 e. The fourth-order valence-corrected chi connectivity index (χ4v) is 4.71. The topological polar surface area (TPSA) is 100 Å². The molecule has 7 nitrogen and oxygen atoms in total. The molecule has 29 heavy (non-hydrogen) atoms. The molecule has 0 spiro atoms. The monoisotopic (exact) mass is 452 g/mol. The van der Waals surface area contributed by atoms with E-state index in [0.29, 0.717) is 5.92 Å². The van der Waals surface area contributed by atoms with E-state index in [4.69, 9.17) is 21.1 Å². The zero-order chi connectivity index (χ0) is 21.4. The molecule has 2 aliphatic rings. The summed E-state index contributed by atoms with van der Waals surface area (Å²) in [6, 6.07) is -0.944. The number of ether oxygens (including phenoxy) is 2. The lowest BCUT2D eigenvalue weighted by atomic mass is 9.93. The smallest absolute Gasteiger partial charge is 0.237 e. The van der Waals surface area contributed by atoms with Crippen LogP contribution in [0.25, 0.3) is 0 Å². The first-order chi connectivity index (χ1) is 13.9. The van der Waals surface area contributed by atoms with Gasteiger partial charge in [-0.05, 0) is 44.9 Å². The summed E-state index contributed by atoms with van der Waals surface area (Å²) in [4.78, 5) is 12.9. The number of amides is 1. The van der Waals surface area contributed by atoms with Gasteiger partial charge in [0.05, 0.1) is 17.5 Å². The number of carbonyl (C=O) groups excluding carboxylic acids is 1. The van der Waals surface area contributed by atoms with Crippen molar-refractivity contribution >= 4 is 29.3 Å². The molecule has 0 aromatic rings. The second-order valence-corrected chi connectivity index (χ2v) is 9.63. The van der Waals surface area contributed by atoms with Crippen molar-refractivity contribution in [3.63, 3.8) is 0 Å². The number of unbranched alkanes of at least 4 members (excludes halogenated alkanes) is 2. The second kappa shape index (κ2) is 12.7. The summed E-state index contributed by atoms with van der Waals surface area (Å²) in [6.07, 6.45) is 6.08. The Morgan fingerprint density at radius 2 is 2.03 bits per heavy atom. The maximum atomic E-state index is 12.9. The van der Waals surface area contributed by atoms with E-state index in [0.717, 1.165) is 25.8 Å². The van der Waals surface area contributed by atoms with Crippen molar-refractivity contribution in [2.75, 3.05) is 12.8 Å². The maximum Gasteiger partial charge on any atom is 0.237 e. The number of aliphatic hydroxyl groups is 2. The van der Waals surface area contributed by atoms with Crippen LogP contribution in [0.2, 0.25) is 0 Å². The van der Waals surface area contributed by atoms with Crippen LogP contribution in [0.4, 0.5) is 0 Å². The van der Waals surface area contributed by atoms with Crippen molar-refractivity contribution in [1.29, 1.82) is 0 Å². The van der Waals surface area contributed by atoms with Gasteiger partial charge < -0.3 is 30.3 Å². The Morgan fingerprint density at radius 3 is 2.69 bits per heavy atom.